The molecule has 1 saturated heterocycles. The van der Waals surface area contributed by atoms with Crippen LogP contribution in [-0.2, 0) is 15.6 Å². The highest BCUT2D eigenvalue weighted by Crippen LogP contribution is 2.33. The van der Waals surface area contributed by atoms with Crippen molar-refractivity contribution in [1.29, 1.82) is 0 Å². The van der Waals surface area contributed by atoms with Crippen LogP contribution in [0.3, 0.4) is 0 Å². The van der Waals surface area contributed by atoms with Crippen LogP contribution in [0.15, 0.2) is 4.52 Å². The normalized spacial score (nSPS) is 20.5. The molecule has 1 aromatic rings. The maximum atomic E-state index is 5.91. The molecule has 0 atom stereocenters. The molecule has 0 spiro atoms. The van der Waals surface area contributed by atoms with Gasteiger partial charge in [0.05, 0.1) is 5.41 Å². The average molecular weight is 239 g/mol. The number of nitrogens with zero attached hydrogens (tertiary/aromatic N) is 2. The van der Waals surface area contributed by atoms with E-state index in [-0.39, 0.29) is 10.8 Å². The highest BCUT2D eigenvalue weighted by Gasteiger charge is 2.39. The van der Waals surface area contributed by atoms with Crippen LogP contribution in [0.2, 0.25) is 0 Å². The lowest BCUT2D eigenvalue weighted by molar-refractivity contribution is 0.0409. The Kier molecular flexibility index (Phi) is 3.23. The zero-order valence-electron chi connectivity index (χ0n) is 10.8. The van der Waals surface area contributed by atoms with Gasteiger partial charge in [-0.05, 0) is 12.8 Å². The molecule has 96 valence electrons. The molecular formula is C12H21N3O2. The molecule has 0 unspecified atom stereocenters. The van der Waals surface area contributed by atoms with Crippen LogP contribution in [0.4, 0.5) is 0 Å². The summed E-state index contributed by atoms with van der Waals surface area (Å²) in [6.07, 6.45) is 1.71. The molecule has 2 rings (SSSR count). The third-order valence-electron chi connectivity index (χ3n) is 3.39. The van der Waals surface area contributed by atoms with Gasteiger partial charge in [0.15, 0.2) is 5.82 Å². The van der Waals surface area contributed by atoms with Crippen LogP contribution in [0.5, 0.6) is 0 Å². The Hall–Kier alpha value is -0.940. The number of nitrogens with two attached hydrogens (primary N) is 1. The van der Waals surface area contributed by atoms with Crippen molar-refractivity contribution in [2.75, 3.05) is 19.8 Å². The largest absolute Gasteiger partial charge is 0.381 e. The standard InChI is InChI=1S/C12H21N3O2/c1-11(2,3)9-14-10(17-15-9)12(8-13)4-6-16-7-5-12/h4-8,13H2,1-3H3. The summed E-state index contributed by atoms with van der Waals surface area (Å²) in [7, 11) is 0. The zero-order valence-corrected chi connectivity index (χ0v) is 10.8. The van der Waals surface area contributed by atoms with E-state index in [9.17, 15) is 0 Å². The fourth-order valence-corrected chi connectivity index (χ4v) is 2.01. The summed E-state index contributed by atoms with van der Waals surface area (Å²) in [5, 5.41) is 4.07. The summed E-state index contributed by atoms with van der Waals surface area (Å²) in [5.41, 5.74) is 5.62. The SMILES string of the molecule is CC(C)(C)c1noc(C2(CN)CCOCC2)n1. The molecule has 1 aromatic heterocycles. The summed E-state index contributed by atoms with van der Waals surface area (Å²) in [6.45, 7) is 8.17. The molecule has 0 radical (unpaired) electrons. The summed E-state index contributed by atoms with van der Waals surface area (Å²) in [5.74, 6) is 1.42. The molecule has 2 N–H and O–H groups in total. The quantitative estimate of drug-likeness (QED) is 0.843. The molecule has 0 amide bonds. The first kappa shape index (κ1) is 12.5. The third kappa shape index (κ3) is 2.35. The van der Waals surface area contributed by atoms with Gasteiger partial charge in [-0.2, -0.15) is 4.98 Å². The highest BCUT2D eigenvalue weighted by molar-refractivity contribution is 5.10. The van der Waals surface area contributed by atoms with Gasteiger partial charge >= 0.3 is 0 Å². The van der Waals surface area contributed by atoms with Crippen LogP contribution in [-0.4, -0.2) is 29.9 Å². The Morgan fingerprint density at radius 3 is 2.41 bits per heavy atom. The summed E-state index contributed by atoms with van der Waals surface area (Å²) >= 11 is 0. The van der Waals surface area contributed by atoms with Gasteiger partial charge in [-0.15, -0.1) is 0 Å². The Bertz CT molecular complexity index is 375. The van der Waals surface area contributed by atoms with Crippen LogP contribution in [0.25, 0.3) is 0 Å². The van der Waals surface area contributed by atoms with E-state index in [1.165, 1.54) is 0 Å². The van der Waals surface area contributed by atoms with Crippen molar-refractivity contribution in [2.45, 2.75) is 44.4 Å². The second-order valence-electron chi connectivity index (χ2n) is 5.77. The van der Waals surface area contributed by atoms with Gasteiger partial charge in [-0.25, -0.2) is 0 Å². The Balaban J connectivity index is 2.28. The fraction of sp³-hybridized carbons (Fsp3) is 0.833. The summed E-state index contributed by atoms with van der Waals surface area (Å²) in [4.78, 5) is 4.53. The molecule has 1 aliphatic rings. The lowest BCUT2D eigenvalue weighted by atomic mass is 9.80. The molecule has 5 nitrogen and oxygen atoms in total. The first-order valence-corrected chi connectivity index (χ1v) is 6.10. The van der Waals surface area contributed by atoms with Crippen molar-refractivity contribution >= 4 is 0 Å². The Morgan fingerprint density at radius 1 is 1.29 bits per heavy atom. The molecular weight excluding hydrogens is 218 g/mol. The Morgan fingerprint density at radius 2 is 1.94 bits per heavy atom. The highest BCUT2D eigenvalue weighted by atomic mass is 16.5. The second kappa shape index (κ2) is 4.38. The summed E-state index contributed by atoms with van der Waals surface area (Å²) < 4.78 is 10.8. The first-order chi connectivity index (χ1) is 7.98. The van der Waals surface area contributed by atoms with Crippen LogP contribution < -0.4 is 5.73 Å². The number of hydrogen-bond donors (Lipinski definition) is 1. The van der Waals surface area contributed by atoms with Gasteiger partial charge in [0.2, 0.25) is 5.89 Å². The molecule has 1 fully saturated rings. The molecule has 17 heavy (non-hydrogen) atoms. The second-order valence-corrected chi connectivity index (χ2v) is 5.77. The van der Waals surface area contributed by atoms with Crippen LogP contribution in [0.1, 0.15) is 45.3 Å². The number of aromatic nitrogens is 2. The molecule has 0 aromatic carbocycles. The maximum Gasteiger partial charge on any atom is 0.234 e. The van der Waals surface area contributed by atoms with Crippen molar-refractivity contribution in [3.63, 3.8) is 0 Å². The zero-order chi connectivity index (χ0) is 12.5. The monoisotopic (exact) mass is 239 g/mol. The molecule has 0 aliphatic carbocycles. The minimum Gasteiger partial charge on any atom is -0.381 e. The number of rotatable bonds is 2. The van der Waals surface area contributed by atoms with Crippen molar-refractivity contribution in [2.24, 2.45) is 5.73 Å². The molecule has 0 bridgehead atoms. The fourth-order valence-electron chi connectivity index (χ4n) is 2.01. The predicted molar refractivity (Wildman–Crippen MR) is 63.8 cm³/mol. The first-order valence-electron chi connectivity index (χ1n) is 6.10. The van der Waals surface area contributed by atoms with Gasteiger partial charge < -0.3 is 15.0 Å². The van der Waals surface area contributed by atoms with Gasteiger partial charge in [-0.1, -0.05) is 25.9 Å². The van der Waals surface area contributed by atoms with Crippen molar-refractivity contribution in [3.05, 3.63) is 11.7 Å². The minimum atomic E-state index is -0.186. The van der Waals surface area contributed by atoms with Crippen molar-refractivity contribution in [1.82, 2.24) is 10.1 Å². The Labute approximate surface area is 102 Å². The summed E-state index contributed by atoms with van der Waals surface area (Å²) in [6, 6.07) is 0. The average Bonchev–Trinajstić information content (AvgIpc) is 2.79. The lowest BCUT2D eigenvalue weighted by Crippen LogP contribution is -2.41. The van der Waals surface area contributed by atoms with Gasteiger partial charge in [0.25, 0.3) is 0 Å². The van der Waals surface area contributed by atoms with Crippen LogP contribution in [0, 0.1) is 0 Å². The van der Waals surface area contributed by atoms with E-state index < -0.39 is 0 Å². The topological polar surface area (TPSA) is 74.2 Å². The van der Waals surface area contributed by atoms with Gasteiger partial charge in [-0.3, -0.25) is 0 Å². The number of ether oxygens (including phenoxy) is 1. The lowest BCUT2D eigenvalue weighted by Gasteiger charge is -2.32. The molecule has 0 saturated carbocycles. The van der Waals surface area contributed by atoms with Gasteiger partial charge in [0.1, 0.15) is 0 Å². The van der Waals surface area contributed by atoms with E-state index in [4.69, 9.17) is 15.0 Å². The van der Waals surface area contributed by atoms with E-state index in [1.54, 1.807) is 0 Å². The third-order valence-corrected chi connectivity index (χ3v) is 3.39. The van der Waals surface area contributed by atoms with Gasteiger partial charge in [0, 0.05) is 25.2 Å². The minimum absolute atomic E-state index is 0.0945. The van der Waals surface area contributed by atoms with Crippen molar-refractivity contribution in [3.8, 4) is 0 Å². The van der Waals surface area contributed by atoms with Crippen molar-refractivity contribution < 1.29 is 9.26 Å². The molecule has 2 heterocycles. The smallest absolute Gasteiger partial charge is 0.234 e. The maximum absolute atomic E-state index is 5.91. The molecule has 5 heteroatoms. The van der Waals surface area contributed by atoms with E-state index in [0.717, 1.165) is 18.7 Å². The van der Waals surface area contributed by atoms with Crippen LogP contribution >= 0.6 is 0 Å². The predicted octanol–water partition coefficient (Wildman–Crippen LogP) is 1.37. The molecule has 1 aliphatic heterocycles. The van der Waals surface area contributed by atoms with E-state index in [1.807, 2.05) is 0 Å². The number of hydrogen-bond acceptors (Lipinski definition) is 5. The van der Waals surface area contributed by atoms with E-state index >= 15 is 0 Å². The van der Waals surface area contributed by atoms with E-state index in [2.05, 4.69) is 30.9 Å². The van der Waals surface area contributed by atoms with E-state index in [0.29, 0.717) is 25.6 Å².